The van der Waals surface area contributed by atoms with Gasteiger partial charge in [0.05, 0.1) is 4.90 Å². The van der Waals surface area contributed by atoms with Crippen LogP contribution in [0, 0.1) is 6.92 Å². The van der Waals surface area contributed by atoms with Gasteiger partial charge in [-0.05, 0) is 56.0 Å². The van der Waals surface area contributed by atoms with Gasteiger partial charge in [-0.25, -0.2) is 8.42 Å². The number of rotatable bonds is 6. The van der Waals surface area contributed by atoms with Crippen LogP contribution in [0.1, 0.15) is 43.2 Å². The molecule has 0 spiro atoms. The summed E-state index contributed by atoms with van der Waals surface area (Å²) in [7, 11) is -3.62. The van der Waals surface area contributed by atoms with Crippen molar-refractivity contribution < 1.29 is 13.2 Å². The molecule has 0 atom stereocenters. The van der Waals surface area contributed by atoms with E-state index in [1.165, 1.54) is 12.8 Å². The van der Waals surface area contributed by atoms with E-state index in [1.807, 2.05) is 24.0 Å². The molecule has 6 heteroatoms. The van der Waals surface area contributed by atoms with Crippen LogP contribution in [0.2, 0.25) is 0 Å². The summed E-state index contributed by atoms with van der Waals surface area (Å²) < 4.78 is 27.7. The van der Waals surface area contributed by atoms with Crippen LogP contribution in [0.3, 0.4) is 0 Å². The van der Waals surface area contributed by atoms with Gasteiger partial charge in [-0.15, -0.1) is 0 Å². The second-order valence-electron chi connectivity index (χ2n) is 7.41. The van der Waals surface area contributed by atoms with Gasteiger partial charge in [0, 0.05) is 25.2 Å². The number of carbonyl (C=O) groups excluding carboxylic acids is 1. The molecule has 0 radical (unpaired) electrons. The second-order valence-corrected chi connectivity index (χ2v) is 9.09. The number of hydrogen-bond donors (Lipinski definition) is 1. The molecule has 2 aromatic rings. The number of aryl methyl sites for hydroxylation is 2. The van der Waals surface area contributed by atoms with Gasteiger partial charge in [0.2, 0.25) is 5.91 Å². The van der Waals surface area contributed by atoms with Crippen LogP contribution in [0.15, 0.2) is 53.4 Å². The predicted molar refractivity (Wildman–Crippen MR) is 112 cm³/mol. The van der Waals surface area contributed by atoms with Gasteiger partial charge in [0.25, 0.3) is 10.0 Å². The average Bonchev–Trinajstić information content (AvgIpc) is 2.98. The third-order valence-electron chi connectivity index (χ3n) is 5.12. The first-order chi connectivity index (χ1) is 13.4. The summed E-state index contributed by atoms with van der Waals surface area (Å²) in [5.41, 5.74) is 2.58. The van der Waals surface area contributed by atoms with Crippen LogP contribution < -0.4 is 4.72 Å². The molecule has 2 aromatic carbocycles. The van der Waals surface area contributed by atoms with E-state index in [0.29, 0.717) is 18.5 Å². The molecule has 3 rings (SSSR count). The number of nitrogens with zero attached hydrogens (tertiary/aromatic N) is 1. The molecule has 0 aliphatic carbocycles. The Balaban J connectivity index is 1.57. The smallest absolute Gasteiger partial charge is 0.261 e. The van der Waals surface area contributed by atoms with E-state index in [0.717, 1.165) is 37.1 Å². The minimum absolute atomic E-state index is 0.194. The van der Waals surface area contributed by atoms with Crippen molar-refractivity contribution in [3.05, 3.63) is 59.7 Å². The van der Waals surface area contributed by atoms with E-state index in [2.05, 4.69) is 4.72 Å². The molecule has 1 aliphatic heterocycles. The van der Waals surface area contributed by atoms with Crippen LogP contribution in [0.5, 0.6) is 0 Å². The van der Waals surface area contributed by atoms with E-state index in [1.54, 1.807) is 36.4 Å². The molecule has 0 aromatic heterocycles. The van der Waals surface area contributed by atoms with Gasteiger partial charge in [0.1, 0.15) is 0 Å². The van der Waals surface area contributed by atoms with Gasteiger partial charge < -0.3 is 4.90 Å². The number of benzene rings is 2. The first kappa shape index (κ1) is 20.4. The fourth-order valence-corrected chi connectivity index (χ4v) is 4.46. The highest BCUT2D eigenvalue weighted by Crippen LogP contribution is 2.18. The highest BCUT2D eigenvalue weighted by atomic mass is 32.2. The molecular formula is C22H28N2O3S. The number of carbonyl (C=O) groups is 1. The zero-order chi connectivity index (χ0) is 20.0. The third-order valence-corrected chi connectivity index (χ3v) is 6.52. The molecule has 1 amide bonds. The Labute approximate surface area is 167 Å². The molecule has 150 valence electrons. The molecule has 1 aliphatic rings. The molecule has 0 unspecified atom stereocenters. The minimum atomic E-state index is -3.62. The van der Waals surface area contributed by atoms with E-state index in [-0.39, 0.29) is 10.8 Å². The largest absolute Gasteiger partial charge is 0.343 e. The highest BCUT2D eigenvalue weighted by Gasteiger charge is 2.16. The Bertz CT molecular complexity index is 882. The topological polar surface area (TPSA) is 66.5 Å². The van der Waals surface area contributed by atoms with Crippen LogP contribution in [-0.2, 0) is 21.2 Å². The van der Waals surface area contributed by atoms with E-state index in [9.17, 15) is 13.2 Å². The fraction of sp³-hybridized carbons (Fsp3) is 0.409. The Kier molecular flexibility index (Phi) is 6.73. The average molecular weight is 401 g/mol. The number of likely N-dealkylation sites (tertiary alicyclic amines) is 1. The van der Waals surface area contributed by atoms with Gasteiger partial charge >= 0.3 is 0 Å². The lowest BCUT2D eigenvalue weighted by molar-refractivity contribution is -0.131. The van der Waals surface area contributed by atoms with Crippen molar-refractivity contribution in [2.45, 2.75) is 50.3 Å². The summed E-state index contributed by atoms with van der Waals surface area (Å²) in [5, 5.41) is 0. The summed E-state index contributed by atoms with van der Waals surface area (Å²) >= 11 is 0. The Morgan fingerprint density at radius 3 is 2.14 bits per heavy atom. The van der Waals surface area contributed by atoms with Gasteiger partial charge in [-0.1, -0.05) is 42.7 Å². The maximum absolute atomic E-state index is 12.5. The SMILES string of the molecule is Cc1ccc(NS(=O)(=O)c2ccc(CCC(=O)N3CCCCCC3)cc2)cc1. The minimum Gasteiger partial charge on any atom is -0.343 e. The molecule has 1 heterocycles. The van der Waals surface area contributed by atoms with Crippen molar-refractivity contribution in [3.63, 3.8) is 0 Å². The maximum atomic E-state index is 12.5. The lowest BCUT2D eigenvalue weighted by Gasteiger charge is -2.20. The van der Waals surface area contributed by atoms with Crippen LogP contribution in [0.4, 0.5) is 5.69 Å². The van der Waals surface area contributed by atoms with Crippen LogP contribution >= 0.6 is 0 Å². The molecule has 5 nitrogen and oxygen atoms in total. The summed E-state index contributed by atoms with van der Waals surface area (Å²) in [6, 6.07) is 14.0. The van der Waals surface area contributed by atoms with Crippen molar-refractivity contribution in [2.75, 3.05) is 17.8 Å². The first-order valence-electron chi connectivity index (χ1n) is 9.90. The fourth-order valence-electron chi connectivity index (χ4n) is 3.40. The number of sulfonamides is 1. The maximum Gasteiger partial charge on any atom is 0.261 e. The van der Waals surface area contributed by atoms with Crippen molar-refractivity contribution >= 4 is 21.6 Å². The Hall–Kier alpha value is -2.34. The molecular weight excluding hydrogens is 372 g/mol. The normalized spacial score (nSPS) is 15.1. The zero-order valence-electron chi connectivity index (χ0n) is 16.4. The van der Waals surface area contributed by atoms with E-state index < -0.39 is 10.0 Å². The van der Waals surface area contributed by atoms with Crippen LogP contribution in [0.25, 0.3) is 0 Å². The summed E-state index contributed by atoms with van der Waals surface area (Å²) in [4.78, 5) is 14.6. The monoisotopic (exact) mass is 400 g/mol. The molecule has 28 heavy (non-hydrogen) atoms. The van der Waals surface area contributed by atoms with E-state index in [4.69, 9.17) is 0 Å². The molecule has 0 bridgehead atoms. The third kappa shape index (κ3) is 5.58. The standard InChI is InChI=1S/C22H28N2O3S/c1-18-6-11-20(12-7-18)23-28(26,27)21-13-8-19(9-14-21)10-15-22(25)24-16-4-2-3-5-17-24/h6-9,11-14,23H,2-5,10,15-17H2,1H3. The number of hydrogen-bond acceptors (Lipinski definition) is 3. The lowest BCUT2D eigenvalue weighted by Crippen LogP contribution is -2.31. The Morgan fingerprint density at radius 1 is 0.929 bits per heavy atom. The van der Waals surface area contributed by atoms with E-state index >= 15 is 0 Å². The number of nitrogens with one attached hydrogen (secondary N) is 1. The quantitative estimate of drug-likeness (QED) is 0.793. The molecule has 1 saturated heterocycles. The van der Waals surface area contributed by atoms with Crippen molar-refractivity contribution in [2.24, 2.45) is 0 Å². The Morgan fingerprint density at radius 2 is 1.54 bits per heavy atom. The summed E-state index contributed by atoms with van der Waals surface area (Å²) in [5.74, 6) is 0.194. The van der Waals surface area contributed by atoms with Crippen LogP contribution in [-0.4, -0.2) is 32.3 Å². The van der Waals surface area contributed by atoms with Gasteiger partial charge in [-0.3, -0.25) is 9.52 Å². The molecule has 1 fully saturated rings. The predicted octanol–water partition coefficient (Wildman–Crippen LogP) is 4.13. The van der Waals surface area contributed by atoms with Crippen molar-refractivity contribution in [3.8, 4) is 0 Å². The molecule has 1 N–H and O–H groups in total. The summed E-state index contributed by atoms with van der Waals surface area (Å²) in [6.45, 7) is 3.68. The first-order valence-corrected chi connectivity index (χ1v) is 11.4. The van der Waals surface area contributed by atoms with Crippen molar-refractivity contribution in [1.29, 1.82) is 0 Å². The van der Waals surface area contributed by atoms with Gasteiger partial charge in [0.15, 0.2) is 0 Å². The van der Waals surface area contributed by atoms with Crippen molar-refractivity contribution in [1.82, 2.24) is 4.90 Å². The summed E-state index contributed by atoms with van der Waals surface area (Å²) in [6.07, 6.45) is 5.68. The second kappa shape index (κ2) is 9.24. The zero-order valence-corrected chi connectivity index (χ0v) is 17.2. The number of anilines is 1. The van der Waals surface area contributed by atoms with Gasteiger partial charge in [-0.2, -0.15) is 0 Å². The lowest BCUT2D eigenvalue weighted by atomic mass is 10.1. The molecule has 0 saturated carbocycles. The number of amides is 1. The highest BCUT2D eigenvalue weighted by molar-refractivity contribution is 7.92.